The second-order valence-corrected chi connectivity index (χ2v) is 8.36. The number of carboxylic acids is 2. The molecule has 0 aliphatic heterocycles. The van der Waals surface area contributed by atoms with Gasteiger partial charge in [0, 0.05) is 12.8 Å². The Morgan fingerprint density at radius 1 is 0.765 bits per heavy atom. The number of rotatable bonds is 16. The number of hydrogen-bond acceptors (Lipinski definition) is 8. The van der Waals surface area contributed by atoms with Gasteiger partial charge in [-0.2, -0.15) is 0 Å². The first-order chi connectivity index (χ1) is 15.6. The lowest BCUT2D eigenvalue weighted by Crippen LogP contribution is -2.58. The van der Waals surface area contributed by atoms with E-state index in [1.54, 1.807) is 13.8 Å². The van der Waals surface area contributed by atoms with E-state index in [4.69, 9.17) is 16.6 Å². The van der Waals surface area contributed by atoms with Crippen molar-refractivity contribution in [2.45, 2.75) is 83.1 Å². The number of carboxylic acid groups (broad SMARTS) is 2. The third kappa shape index (κ3) is 12.1. The van der Waals surface area contributed by atoms with Gasteiger partial charge in [-0.3, -0.25) is 24.0 Å². The quantitative estimate of drug-likeness (QED) is 0.112. The third-order valence-corrected chi connectivity index (χ3v) is 4.74. The molecule has 0 spiro atoms. The summed E-state index contributed by atoms with van der Waals surface area (Å²) in [5.74, 6) is -6.14. The smallest absolute Gasteiger partial charge is 0.326 e. The van der Waals surface area contributed by atoms with Gasteiger partial charge in [-0.25, -0.2) is 4.79 Å². The van der Waals surface area contributed by atoms with Crippen LogP contribution in [0.5, 0.6) is 0 Å². The lowest BCUT2D eigenvalue weighted by atomic mass is 10.0. The average molecular weight is 490 g/mol. The molecule has 0 aromatic rings. The molecule has 0 fully saturated rings. The Kier molecular flexibility index (Phi) is 13.4. The molecule has 14 nitrogen and oxygen atoms in total. The van der Waals surface area contributed by atoms with Crippen molar-refractivity contribution in [2.24, 2.45) is 17.4 Å². The molecule has 0 aliphatic carbocycles. The van der Waals surface area contributed by atoms with Crippen molar-refractivity contribution in [3.63, 3.8) is 0 Å². The number of primary amides is 1. The van der Waals surface area contributed by atoms with Crippen LogP contribution in [0.25, 0.3) is 0 Å². The van der Waals surface area contributed by atoms with E-state index < -0.39 is 72.3 Å². The van der Waals surface area contributed by atoms with Crippen molar-refractivity contribution < 1.29 is 44.1 Å². The van der Waals surface area contributed by atoms with Crippen LogP contribution in [-0.4, -0.2) is 81.2 Å². The van der Waals surface area contributed by atoms with Gasteiger partial charge in [0.25, 0.3) is 0 Å². The van der Waals surface area contributed by atoms with E-state index in [1.165, 1.54) is 6.92 Å². The van der Waals surface area contributed by atoms with Gasteiger partial charge in [-0.05, 0) is 32.1 Å². The van der Waals surface area contributed by atoms with Crippen LogP contribution in [0.2, 0.25) is 0 Å². The summed E-state index contributed by atoms with van der Waals surface area (Å²) in [5.41, 5.74) is 10.6. The van der Waals surface area contributed by atoms with Gasteiger partial charge >= 0.3 is 11.9 Å². The number of nitrogens with two attached hydrogens (primary N) is 2. The monoisotopic (exact) mass is 489 g/mol. The summed E-state index contributed by atoms with van der Waals surface area (Å²) in [6.07, 6.45) is -2.51. The number of hydrogen-bond donors (Lipinski definition) is 8. The van der Waals surface area contributed by atoms with E-state index in [9.17, 15) is 39.0 Å². The van der Waals surface area contributed by atoms with E-state index in [1.807, 2.05) is 0 Å². The second kappa shape index (κ2) is 14.8. The number of carbonyl (C=O) groups is 6. The maximum Gasteiger partial charge on any atom is 0.326 e. The van der Waals surface area contributed by atoms with Crippen molar-refractivity contribution in [1.82, 2.24) is 16.0 Å². The van der Waals surface area contributed by atoms with E-state index in [2.05, 4.69) is 16.0 Å². The lowest BCUT2D eigenvalue weighted by molar-refractivity contribution is -0.142. The lowest BCUT2D eigenvalue weighted by Gasteiger charge is -2.26. The van der Waals surface area contributed by atoms with Crippen LogP contribution < -0.4 is 27.4 Å². The zero-order chi connectivity index (χ0) is 26.6. The summed E-state index contributed by atoms with van der Waals surface area (Å²) in [6, 6.07) is -5.42. The predicted molar refractivity (Wildman–Crippen MR) is 118 cm³/mol. The van der Waals surface area contributed by atoms with Crippen LogP contribution in [0.3, 0.4) is 0 Å². The van der Waals surface area contributed by atoms with Crippen LogP contribution in [-0.2, 0) is 28.8 Å². The van der Waals surface area contributed by atoms with Gasteiger partial charge in [0.15, 0.2) is 0 Å². The Morgan fingerprint density at radius 2 is 1.24 bits per heavy atom. The topological polar surface area (TPSA) is 251 Å². The van der Waals surface area contributed by atoms with Crippen LogP contribution in [0, 0.1) is 5.92 Å². The molecule has 0 aromatic carbocycles. The first-order valence-corrected chi connectivity index (χ1v) is 10.7. The minimum atomic E-state index is -1.43. The third-order valence-electron chi connectivity index (χ3n) is 4.74. The van der Waals surface area contributed by atoms with Gasteiger partial charge in [0.2, 0.25) is 23.6 Å². The highest BCUT2D eigenvalue weighted by Gasteiger charge is 2.31. The molecule has 5 atom stereocenters. The Labute approximate surface area is 196 Å². The highest BCUT2D eigenvalue weighted by atomic mass is 16.4. The van der Waals surface area contributed by atoms with Crippen molar-refractivity contribution >= 4 is 35.6 Å². The van der Waals surface area contributed by atoms with Gasteiger partial charge in [-0.1, -0.05) is 13.8 Å². The molecule has 0 saturated heterocycles. The Bertz CT molecular complexity index is 757. The maximum absolute atomic E-state index is 12.8. The molecule has 0 radical (unpaired) electrons. The number of aliphatic hydroxyl groups excluding tert-OH is 1. The van der Waals surface area contributed by atoms with Gasteiger partial charge in [0.05, 0.1) is 6.10 Å². The van der Waals surface area contributed by atoms with Crippen molar-refractivity contribution in [3.05, 3.63) is 0 Å². The number of amides is 4. The molecule has 0 aliphatic rings. The molecule has 0 heterocycles. The number of carbonyl (C=O) groups excluding carboxylic acids is 4. The van der Waals surface area contributed by atoms with Crippen molar-refractivity contribution in [2.75, 3.05) is 0 Å². The number of aliphatic hydroxyl groups is 1. The first kappa shape index (κ1) is 30.7. The van der Waals surface area contributed by atoms with E-state index in [0.717, 1.165) is 0 Å². The normalized spacial score (nSPS) is 15.4. The molecule has 0 bridgehead atoms. The van der Waals surface area contributed by atoms with Crippen LogP contribution >= 0.6 is 0 Å². The van der Waals surface area contributed by atoms with Crippen LogP contribution in [0.1, 0.15) is 52.9 Å². The summed E-state index contributed by atoms with van der Waals surface area (Å²) in [5, 5.41) is 34.6. The molecule has 14 heteroatoms. The zero-order valence-electron chi connectivity index (χ0n) is 19.4. The summed E-state index contributed by atoms with van der Waals surface area (Å²) in [7, 11) is 0. The van der Waals surface area contributed by atoms with Crippen molar-refractivity contribution in [3.8, 4) is 0 Å². The summed E-state index contributed by atoms with van der Waals surface area (Å²) >= 11 is 0. The standard InChI is InChI=1S/C20H35N5O9/c1-9(2)8-13(18(31)24-12(20(33)34)4-6-14(21)27)25-17(30)11(5-7-15(28)29)23-19(32)16(22)10(3)26/h9-13,16,26H,4-8,22H2,1-3H3,(H2,21,27)(H,23,32)(H,24,31)(H,25,30)(H,28,29)(H,33,34). The predicted octanol–water partition coefficient (Wildman–Crippen LogP) is -2.59. The molecule has 0 aromatic heterocycles. The summed E-state index contributed by atoms with van der Waals surface area (Å²) in [4.78, 5) is 71.1. The Balaban J connectivity index is 5.57. The SMILES string of the molecule is CC(C)CC(NC(=O)C(CCC(=O)O)NC(=O)C(N)C(C)O)C(=O)NC(CCC(N)=O)C(=O)O. The van der Waals surface area contributed by atoms with Gasteiger partial charge < -0.3 is 42.7 Å². The van der Waals surface area contributed by atoms with E-state index in [0.29, 0.717) is 0 Å². The molecule has 5 unspecified atom stereocenters. The molecule has 34 heavy (non-hydrogen) atoms. The van der Waals surface area contributed by atoms with Crippen LogP contribution in [0.4, 0.5) is 0 Å². The summed E-state index contributed by atoms with van der Waals surface area (Å²) in [6.45, 7) is 4.76. The highest BCUT2D eigenvalue weighted by molar-refractivity contribution is 5.94. The molecule has 0 rings (SSSR count). The first-order valence-electron chi connectivity index (χ1n) is 10.7. The fraction of sp³-hybridized carbons (Fsp3) is 0.700. The van der Waals surface area contributed by atoms with Crippen LogP contribution in [0.15, 0.2) is 0 Å². The minimum Gasteiger partial charge on any atom is -0.481 e. The number of nitrogens with one attached hydrogen (secondary N) is 3. The van der Waals surface area contributed by atoms with Gasteiger partial charge in [-0.15, -0.1) is 0 Å². The fourth-order valence-electron chi connectivity index (χ4n) is 2.82. The molecule has 0 saturated carbocycles. The van der Waals surface area contributed by atoms with E-state index >= 15 is 0 Å². The number of aliphatic carboxylic acids is 2. The molecular formula is C20H35N5O9. The molecule has 194 valence electrons. The van der Waals surface area contributed by atoms with Gasteiger partial charge in [0.1, 0.15) is 24.2 Å². The average Bonchev–Trinajstić information content (AvgIpc) is 2.71. The van der Waals surface area contributed by atoms with E-state index in [-0.39, 0.29) is 31.6 Å². The fourth-order valence-corrected chi connectivity index (χ4v) is 2.82. The Morgan fingerprint density at radius 3 is 1.68 bits per heavy atom. The summed E-state index contributed by atoms with van der Waals surface area (Å²) < 4.78 is 0. The zero-order valence-corrected chi connectivity index (χ0v) is 19.4. The highest BCUT2D eigenvalue weighted by Crippen LogP contribution is 2.09. The molecule has 10 N–H and O–H groups in total. The maximum atomic E-state index is 12.8. The Hall–Kier alpha value is -3.26. The minimum absolute atomic E-state index is 0.0898. The largest absolute Gasteiger partial charge is 0.481 e. The molecular weight excluding hydrogens is 454 g/mol. The molecule has 4 amide bonds. The second-order valence-electron chi connectivity index (χ2n) is 8.36. The van der Waals surface area contributed by atoms with Crippen molar-refractivity contribution in [1.29, 1.82) is 0 Å².